The lowest BCUT2D eigenvalue weighted by Gasteiger charge is -2.11. The number of rotatable bonds is 0. The van der Waals surface area contributed by atoms with Crippen LogP contribution in [0.3, 0.4) is 0 Å². The van der Waals surface area contributed by atoms with Gasteiger partial charge in [-0.3, -0.25) is 4.89 Å². The van der Waals surface area contributed by atoms with Gasteiger partial charge in [0.25, 0.3) is 0 Å². The van der Waals surface area contributed by atoms with Crippen molar-refractivity contribution in [3.05, 3.63) is 60.2 Å². The molecule has 0 N–H and O–H groups in total. The maximum absolute atomic E-state index is 5.19. The molecule has 0 aliphatic carbocycles. The van der Waals surface area contributed by atoms with E-state index in [-0.39, 0.29) is 0 Å². The average molecular weight is 237 g/mol. The van der Waals surface area contributed by atoms with Gasteiger partial charge in [-0.2, -0.15) is 4.99 Å². The average Bonchev–Trinajstić information content (AvgIpc) is 2.44. The second-order valence-corrected chi connectivity index (χ2v) is 3.85. The Morgan fingerprint density at radius 3 is 2.56 bits per heavy atom. The van der Waals surface area contributed by atoms with Crippen molar-refractivity contribution >= 4 is 12.3 Å². The van der Waals surface area contributed by atoms with Gasteiger partial charge >= 0.3 is 0 Å². The Morgan fingerprint density at radius 1 is 0.833 bits per heavy atom. The van der Waals surface area contributed by atoms with Gasteiger partial charge in [-0.1, -0.05) is 48.5 Å². The SMILES string of the molecule is C1=Cc2ccccc2-c2ccccc2OON=C1. The summed E-state index contributed by atoms with van der Waals surface area (Å²) in [5.74, 6) is 0.650. The summed E-state index contributed by atoms with van der Waals surface area (Å²) in [4.78, 5) is 9.96. The zero-order valence-electron chi connectivity index (χ0n) is 9.61. The molecule has 2 aromatic rings. The van der Waals surface area contributed by atoms with E-state index in [0.29, 0.717) is 5.75 Å². The summed E-state index contributed by atoms with van der Waals surface area (Å²) in [6, 6.07) is 15.8. The third-order valence-corrected chi connectivity index (χ3v) is 2.73. The predicted octanol–water partition coefficient (Wildman–Crippen LogP) is 3.68. The minimum Gasteiger partial charge on any atom is -0.267 e. The molecule has 0 amide bonds. The Bertz CT molecular complexity index is 617. The summed E-state index contributed by atoms with van der Waals surface area (Å²) in [6.07, 6.45) is 5.35. The molecule has 3 rings (SSSR count). The zero-order valence-corrected chi connectivity index (χ0v) is 9.61. The number of fused-ring (bicyclic) bond motifs is 3. The van der Waals surface area contributed by atoms with Gasteiger partial charge in [-0.15, -0.1) is 0 Å². The molecule has 18 heavy (non-hydrogen) atoms. The molecule has 0 bridgehead atoms. The standard InChI is InChI=1S/C15H11NO2/c1-2-8-13-12(6-1)7-5-11-16-18-17-15-10-4-3-9-14(13)15/h1-11H. The number of nitrogens with zero attached hydrogens (tertiary/aromatic N) is 1. The fraction of sp³-hybridized carbons (Fsp3) is 0. The van der Waals surface area contributed by atoms with Gasteiger partial charge in [0.15, 0.2) is 5.75 Å². The Labute approximate surface area is 105 Å². The van der Waals surface area contributed by atoms with Crippen molar-refractivity contribution in [2.45, 2.75) is 0 Å². The molecule has 88 valence electrons. The van der Waals surface area contributed by atoms with Crippen LogP contribution in [0.25, 0.3) is 17.2 Å². The third kappa shape index (κ3) is 1.98. The summed E-state index contributed by atoms with van der Waals surface area (Å²) in [5, 5.41) is 3.67. The van der Waals surface area contributed by atoms with E-state index in [9.17, 15) is 0 Å². The van der Waals surface area contributed by atoms with Gasteiger partial charge in [0, 0.05) is 5.56 Å². The number of allylic oxidation sites excluding steroid dienone is 1. The normalized spacial score (nSPS) is 12.9. The number of hydrogen-bond acceptors (Lipinski definition) is 3. The van der Waals surface area contributed by atoms with Gasteiger partial charge in [0.05, 0.1) is 6.21 Å². The van der Waals surface area contributed by atoms with Gasteiger partial charge < -0.3 is 0 Å². The van der Waals surface area contributed by atoms with E-state index >= 15 is 0 Å². The van der Waals surface area contributed by atoms with Gasteiger partial charge in [0.2, 0.25) is 0 Å². The van der Waals surface area contributed by atoms with Crippen molar-refractivity contribution in [3.8, 4) is 16.9 Å². The minimum atomic E-state index is 0.650. The summed E-state index contributed by atoms with van der Waals surface area (Å²) >= 11 is 0. The Kier molecular flexibility index (Phi) is 2.80. The highest BCUT2D eigenvalue weighted by atomic mass is 17.3. The molecule has 0 atom stereocenters. The summed E-state index contributed by atoms with van der Waals surface area (Å²) in [6.45, 7) is 0. The molecular weight excluding hydrogens is 226 g/mol. The Hall–Kier alpha value is -2.55. The monoisotopic (exact) mass is 237 g/mol. The summed E-state index contributed by atoms with van der Waals surface area (Å²) < 4.78 is 0. The van der Waals surface area contributed by atoms with E-state index in [4.69, 9.17) is 9.88 Å². The van der Waals surface area contributed by atoms with Crippen LogP contribution in [0.1, 0.15) is 5.56 Å². The van der Waals surface area contributed by atoms with Crippen molar-refractivity contribution < 1.29 is 9.88 Å². The van der Waals surface area contributed by atoms with Gasteiger partial charge in [0.1, 0.15) is 0 Å². The van der Waals surface area contributed by atoms with Crippen LogP contribution < -0.4 is 4.89 Å². The van der Waals surface area contributed by atoms with E-state index in [1.54, 1.807) is 6.21 Å². The van der Waals surface area contributed by atoms with Crippen LogP contribution in [0.5, 0.6) is 5.75 Å². The van der Waals surface area contributed by atoms with Crippen LogP contribution in [0.2, 0.25) is 0 Å². The second-order valence-electron chi connectivity index (χ2n) is 3.85. The van der Waals surface area contributed by atoms with E-state index in [0.717, 1.165) is 16.7 Å². The smallest absolute Gasteiger partial charge is 0.189 e. The van der Waals surface area contributed by atoms with Crippen molar-refractivity contribution in [1.29, 1.82) is 0 Å². The molecule has 3 nitrogen and oxygen atoms in total. The molecule has 0 aromatic heterocycles. The maximum Gasteiger partial charge on any atom is 0.189 e. The molecule has 0 radical (unpaired) electrons. The molecular formula is C15H11NO2. The first-order valence-corrected chi connectivity index (χ1v) is 5.67. The lowest BCUT2D eigenvalue weighted by atomic mass is 9.98. The predicted molar refractivity (Wildman–Crippen MR) is 71.1 cm³/mol. The number of hydrogen-bond donors (Lipinski definition) is 0. The lowest BCUT2D eigenvalue weighted by Crippen LogP contribution is -1.95. The molecule has 1 aliphatic rings. The Morgan fingerprint density at radius 2 is 1.61 bits per heavy atom. The summed E-state index contributed by atoms with van der Waals surface area (Å²) in [5.41, 5.74) is 3.19. The van der Waals surface area contributed by atoms with E-state index in [2.05, 4.69) is 17.3 Å². The highest BCUT2D eigenvalue weighted by molar-refractivity contribution is 5.84. The van der Waals surface area contributed by atoms with E-state index < -0.39 is 0 Å². The largest absolute Gasteiger partial charge is 0.267 e. The quantitative estimate of drug-likeness (QED) is 0.654. The van der Waals surface area contributed by atoms with E-state index in [1.807, 2.05) is 48.6 Å². The molecule has 0 spiro atoms. The van der Waals surface area contributed by atoms with Crippen LogP contribution in [-0.4, -0.2) is 6.21 Å². The number of para-hydroxylation sites is 1. The molecule has 0 unspecified atom stereocenters. The third-order valence-electron chi connectivity index (χ3n) is 2.73. The van der Waals surface area contributed by atoms with Crippen molar-refractivity contribution in [3.63, 3.8) is 0 Å². The molecule has 0 fully saturated rings. The topological polar surface area (TPSA) is 30.8 Å². The highest BCUT2D eigenvalue weighted by Gasteiger charge is 2.10. The number of benzene rings is 2. The lowest BCUT2D eigenvalue weighted by molar-refractivity contribution is -0.205. The van der Waals surface area contributed by atoms with Crippen molar-refractivity contribution in [1.82, 2.24) is 0 Å². The number of oxime groups is 1. The molecule has 0 saturated heterocycles. The molecule has 3 heteroatoms. The maximum atomic E-state index is 5.19. The molecule has 1 heterocycles. The highest BCUT2D eigenvalue weighted by Crippen LogP contribution is 2.33. The second kappa shape index (κ2) is 4.75. The minimum absolute atomic E-state index is 0.650. The van der Waals surface area contributed by atoms with Crippen LogP contribution in [0.15, 0.2) is 59.8 Å². The van der Waals surface area contributed by atoms with Gasteiger partial charge in [-0.25, -0.2) is 0 Å². The van der Waals surface area contributed by atoms with Crippen LogP contribution >= 0.6 is 0 Å². The van der Waals surface area contributed by atoms with Crippen molar-refractivity contribution in [2.75, 3.05) is 0 Å². The summed E-state index contributed by atoms with van der Waals surface area (Å²) in [7, 11) is 0. The first-order chi connectivity index (χ1) is 8.95. The van der Waals surface area contributed by atoms with Gasteiger partial charge in [-0.05, 0) is 28.4 Å². The van der Waals surface area contributed by atoms with E-state index in [1.165, 1.54) is 0 Å². The first kappa shape index (κ1) is 10.6. The molecule has 1 aliphatic heterocycles. The first-order valence-electron chi connectivity index (χ1n) is 5.67. The molecule has 2 aromatic carbocycles. The molecule has 0 saturated carbocycles. The Balaban J connectivity index is 2.23. The van der Waals surface area contributed by atoms with Crippen LogP contribution in [0.4, 0.5) is 0 Å². The fourth-order valence-corrected chi connectivity index (χ4v) is 1.92. The van der Waals surface area contributed by atoms with Crippen molar-refractivity contribution in [2.24, 2.45) is 5.16 Å². The fourth-order valence-electron chi connectivity index (χ4n) is 1.92. The zero-order chi connectivity index (χ0) is 12.2. The van der Waals surface area contributed by atoms with Crippen LogP contribution in [-0.2, 0) is 4.99 Å². The van der Waals surface area contributed by atoms with Crippen LogP contribution in [0, 0.1) is 0 Å².